The van der Waals surface area contributed by atoms with Crippen LogP contribution in [0.4, 0.5) is 4.39 Å². The van der Waals surface area contributed by atoms with Crippen molar-refractivity contribution >= 4 is 11.9 Å². The van der Waals surface area contributed by atoms with Gasteiger partial charge in [-0.1, -0.05) is 25.0 Å². The van der Waals surface area contributed by atoms with Gasteiger partial charge in [0.1, 0.15) is 17.5 Å². The molecule has 2 N–H and O–H groups in total. The highest BCUT2D eigenvalue weighted by molar-refractivity contribution is 5.97. The van der Waals surface area contributed by atoms with Crippen LogP contribution < -0.4 is 5.32 Å². The zero-order chi connectivity index (χ0) is 17.3. The third-order valence-corrected chi connectivity index (χ3v) is 4.20. The van der Waals surface area contributed by atoms with Gasteiger partial charge in [-0.2, -0.15) is 5.10 Å². The number of benzene rings is 1. The number of carboxylic acid groups (broad SMARTS) is 1. The Labute approximate surface area is 138 Å². The molecule has 1 aromatic heterocycles. The van der Waals surface area contributed by atoms with E-state index in [1.165, 1.54) is 16.9 Å². The summed E-state index contributed by atoms with van der Waals surface area (Å²) in [6.07, 6.45) is 3.77. The molecule has 7 heteroatoms. The van der Waals surface area contributed by atoms with Gasteiger partial charge in [0, 0.05) is 0 Å². The number of rotatable bonds is 6. The van der Waals surface area contributed by atoms with Crippen molar-refractivity contribution in [2.24, 2.45) is 5.92 Å². The number of aliphatic carboxylic acids is 1. The van der Waals surface area contributed by atoms with Crippen LogP contribution in [-0.2, 0) is 4.79 Å². The maximum absolute atomic E-state index is 13.9. The molecule has 1 heterocycles. The number of amides is 1. The number of carboxylic acids is 1. The molecule has 1 aliphatic rings. The standard InChI is InChI=1S/C17H18FN3O3/c1-10-12(9-19-21(10)15-5-3-2-4-13(15)18)16(22)20-14(17(23)24)8-11-6-7-11/h2-5,9,11,14H,6-8H2,1H3,(H,20,22)(H,23,24). The number of para-hydroxylation sites is 1. The lowest BCUT2D eigenvalue weighted by Gasteiger charge is -2.14. The first-order valence-corrected chi connectivity index (χ1v) is 7.80. The Kier molecular flexibility index (Phi) is 4.33. The molecule has 0 radical (unpaired) electrons. The summed E-state index contributed by atoms with van der Waals surface area (Å²) >= 11 is 0. The summed E-state index contributed by atoms with van der Waals surface area (Å²) in [7, 11) is 0. The second kappa shape index (κ2) is 6.43. The van der Waals surface area contributed by atoms with Gasteiger partial charge in [0.05, 0.1) is 17.5 Å². The second-order valence-corrected chi connectivity index (χ2v) is 6.05. The SMILES string of the molecule is Cc1c(C(=O)NC(CC2CC2)C(=O)O)cnn1-c1ccccc1F. The molecule has 3 rings (SSSR count). The van der Waals surface area contributed by atoms with E-state index in [1.807, 2.05) is 0 Å². The third-order valence-electron chi connectivity index (χ3n) is 4.20. The largest absolute Gasteiger partial charge is 0.480 e. The first-order valence-electron chi connectivity index (χ1n) is 7.80. The van der Waals surface area contributed by atoms with Gasteiger partial charge in [0.25, 0.3) is 5.91 Å². The first kappa shape index (κ1) is 16.2. The maximum Gasteiger partial charge on any atom is 0.326 e. The molecule has 126 valence electrons. The van der Waals surface area contributed by atoms with E-state index in [-0.39, 0.29) is 11.3 Å². The van der Waals surface area contributed by atoms with E-state index in [1.54, 1.807) is 25.1 Å². The van der Waals surface area contributed by atoms with E-state index >= 15 is 0 Å². The van der Waals surface area contributed by atoms with Gasteiger partial charge < -0.3 is 10.4 Å². The molecule has 0 spiro atoms. The van der Waals surface area contributed by atoms with Crippen molar-refractivity contribution in [3.8, 4) is 5.69 Å². The van der Waals surface area contributed by atoms with Gasteiger partial charge in [-0.25, -0.2) is 13.9 Å². The number of aromatic nitrogens is 2. The highest BCUT2D eigenvalue weighted by Crippen LogP contribution is 2.33. The van der Waals surface area contributed by atoms with Crippen LogP contribution in [0.3, 0.4) is 0 Å². The van der Waals surface area contributed by atoms with E-state index in [4.69, 9.17) is 0 Å². The Morgan fingerprint density at radius 3 is 2.75 bits per heavy atom. The quantitative estimate of drug-likeness (QED) is 0.851. The van der Waals surface area contributed by atoms with E-state index < -0.39 is 23.7 Å². The molecule has 1 amide bonds. The van der Waals surface area contributed by atoms with Crippen molar-refractivity contribution in [1.82, 2.24) is 15.1 Å². The Bertz CT molecular complexity index is 783. The predicted octanol–water partition coefficient (Wildman–Crippen LogP) is 2.30. The summed E-state index contributed by atoms with van der Waals surface area (Å²) in [5, 5.41) is 15.8. The Morgan fingerprint density at radius 2 is 2.12 bits per heavy atom. The lowest BCUT2D eigenvalue weighted by molar-refractivity contribution is -0.139. The van der Waals surface area contributed by atoms with Crippen molar-refractivity contribution in [2.75, 3.05) is 0 Å². The van der Waals surface area contributed by atoms with E-state index in [9.17, 15) is 19.1 Å². The van der Waals surface area contributed by atoms with Crippen LogP contribution in [-0.4, -0.2) is 32.8 Å². The third kappa shape index (κ3) is 3.29. The molecular weight excluding hydrogens is 313 g/mol. The van der Waals surface area contributed by atoms with Gasteiger partial charge in [-0.15, -0.1) is 0 Å². The normalized spacial score (nSPS) is 15.1. The second-order valence-electron chi connectivity index (χ2n) is 6.05. The predicted molar refractivity (Wildman–Crippen MR) is 84.5 cm³/mol. The average Bonchev–Trinajstić information content (AvgIpc) is 3.28. The maximum atomic E-state index is 13.9. The molecule has 0 aliphatic heterocycles. The molecule has 0 bridgehead atoms. The Morgan fingerprint density at radius 1 is 1.42 bits per heavy atom. The van der Waals surface area contributed by atoms with E-state index in [2.05, 4.69) is 10.4 Å². The number of hydrogen-bond donors (Lipinski definition) is 2. The molecule has 1 atom stereocenters. The number of halogens is 1. The van der Waals surface area contributed by atoms with Gasteiger partial charge in [0.2, 0.25) is 0 Å². The number of hydrogen-bond acceptors (Lipinski definition) is 3. The number of carbonyl (C=O) groups is 2. The monoisotopic (exact) mass is 331 g/mol. The molecule has 1 aromatic carbocycles. The summed E-state index contributed by atoms with van der Waals surface area (Å²) in [5.74, 6) is -1.64. The van der Waals surface area contributed by atoms with Crippen LogP contribution >= 0.6 is 0 Å². The Hall–Kier alpha value is -2.70. The summed E-state index contributed by atoms with van der Waals surface area (Å²) in [6.45, 7) is 1.64. The zero-order valence-corrected chi connectivity index (χ0v) is 13.2. The van der Waals surface area contributed by atoms with Crippen molar-refractivity contribution < 1.29 is 19.1 Å². The van der Waals surface area contributed by atoms with Crippen molar-refractivity contribution in [3.63, 3.8) is 0 Å². The van der Waals surface area contributed by atoms with Crippen LogP contribution in [0.5, 0.6) is 0 Å². The molecule has 1 aliphatic carbocycles. The fraction of sp³-hybridized carbons (Fsp3) is 0.353. The lowest BCUT2D eigenvalue weighted by Crippen LogP contribution is -2.41. The van der Waals surface area contributed by atoms with Crippen LogP contribution in [0.25, 0.3) is 5.69 Å². The number of nitrogens with one attached hydrogen (secondary N) is 1. The molecule has 2 aromatic rings. The zero-order valence-electron chi connectivity index (χ0n) is 13.2. The smallest absolute Gasteiger partial charge is 0.326 e. The molecule has 1 unspecified atom stereocenters. The van der Waals surface area contributed by atoms with Crippen molar-refractivity contribution in [3.05, 3.63) is 47.5 Å². The average molecular weight is 331 g/mol. The fourth-order valence-corrected chi connectivity index (χ4v) is 2.64. The minimum absolute atomic E-state index is 0.236. The molecule has 1 fully saturated rings. The van der Waals surface area contributed by atoms with Crippen LogP contribution in [0.2, 0.25) is 0 Å². The molecule has 24 heavy (non-hydrogen) atoms. The minimum Gasteiger partial charge on any atom is -0.480 e. The lowest BCUT2D eigenvalue weighted by atomic mass is 10.1. The first-order chi connectivity index (χ1) is 11.5. The van der Waals surface area contributed by atoms with Crippen LogP contribution in [0.15, 0.2) is 30.5 Å². The number of nitrogens with zero attached hydrogens (tertiary/aromatic N) is 2. The van der Waals surface area contributed by atoms with Crippen LogP contribution in [0, 0.1) is 18.7 Å². The van der Waals surface area contributed by atoms with Crippen molar-refractivity contribution in [2.45, 2.75) is 32.2 Å². The summed E-state index contributed by atoms with van der Waals surface area (Å²) in [5.41, 5.74) is 0.926. The Balaban J connectivity index is 1.80. The molecule has 6 nitrogen and oxygen atoms in total. The summed E-state index contributed by atoms with van der Waals surface area (Å²) < 4.78 is 15.2. The summed E-state index contributed by atoms with van der Waals surface area (Å²) in [6, 6.07) is 5.20. The minimum atomic E-state index is -1.05. The molecular formula is C17H18FN3O3. The van der Waals surface area contributed by atoms with Gasteiger partial charge in [-0.3, -0.25) is 4.79 Å². The topological polar surface area (TPSA) is 84.2 Å². The van der Waals surface area contributed by atoms with E-state index in [0.29, 0.717) is 18.0 Å². The van der Waals surface area contributed by atoms with Gasteiger partial charge in [0.15, 0.2) is 0 Å². The molecule has 0 saturated heterocycles. The highest BCUT2D eigenvalue weighted by atomic mass is 19.1. The van der Waals surface area contributed by atoms with Gasteiger partial charge >= 0.3 is 5.97 Å². The fourth-order valence-electron chi connectivity index (χ4n) is 2.64. The van der Waals surface area contributed by atoms with Gasteiger partial charge in [-0.05, 0) is 31.4 Å². The van der Waals surface area contributed by atoms with E-state index in [0.717, 1.165) is 12.8 Å². The summed E-state index contributed by atoms with van der Waals surface area (Å²) in [4.78, 5) is 23.7. The van der Waals surface area contributed by atoms with Crippen LogP contribution in [0.1, 0.15) is 35.3 Å². The highest BCUT2D eigenvalue weighted by Gasteiger charge is 2.31. The molecule has 1 saturated carbocycles. The van der Waals surface area contributed by atoms with Crippen molar-refractivity contribution in [1.29, 1.82) is 0 Å². The number of carbonyl (C=O) groups excluding carboxylic acids is 1.